The summed E-state index contributed by atoms with van der Waals surface area (Å²) in [4.78, 5) is 13.0. The van der Waals surface area contributed by atoms with Crippen molar-refractivity contribution in [3.8, 4) is 0 Å². The van der Waals surface area contributed by atoms with Crippen LogP contribution in [-0.2, 0) is 0 Å². The molecular weight excluding hydrogens is 246 g/mol. The summed E-state index contributed by atoms with van der Waals surface area (Å²) in [6, 6.07) is 2.08. The maximum absolute atomic E-state index is 12.5. The lowest BCUT2D eigenvalue weighted by Crippen LogP contribution is -2.35. The van der Waals surface area contributed by atoms with Gasteiger partial charge in [0, 0.05) is 6.07 Å². The molecule has 0 spiro atoms. The van der Waals surface area contributed by atoms with E-state index in [1.807, 2.05) is 5.32 Å². The van der Waals surface area contributed by atoms with Gasteiger partial charge in [-0.25, -0.2) is 13.8 Å². The molecule has 0 radical (unpaired) electrons. The van der Waals surface area contributed by atoms with E-state index in [2.05, 4.69) is 4.98 Å². The molecule has 0 aliphatic carbocycles. The summed E-state index contributed by atoms with van der Waals surface area (Å²) >= 11 is 0. The summed E-state index contributed by atoms with van der Waals surface area (Å²) in [5.74, 6) is -4.32. The van der Waals surface area contributed by atoms with Crippen LogP contribution in [0.15, 0.2) is 18.3 Å². The van der Waals surface area contributed by atoms with Gasteiger partial charge in [-0.15, -0.1) is 0 Å². The monoisotopic (exact) mass is 253 g/mol. The molecule has 0 amide bonds. The van der Waals surface area contributed by atoms with Crippen LogP contribution in [-0.4, -0.2) is 28.8 Å². The zero-order valence-electron chi connectivity index (χ0n) is 8.24. The van der Waals surface area contributed by atoms with Crippen molar-refractivity contribution in [3.05, 3.63) is 28.4 Å². The molecule has 0 saturated carbocycles. The van der Waals surface area contributed by atoms with E-state index in [4.69, 9.17) is 0 Å². The number of nitrogens with one attached hydrogen (secondary N) is 1. The number of alkyl halides is 4. The fourth-order valence-electron chi connectivity index (χ4n) is 0.884. The molecule has 1 rings (SSSR count). The first-order valence-electron chi connectivity index (χ1n) is 4.33. The zero-order chi connectivity index (χ0) is 13.1. The molecule has 1 aromatic heterocycles. The highest BCUT2D eigenvalue weighted by Crippen LogP contribution is 2.23. The van der Waals surface area contributed by atoms with Crippen LogP contribution < -0.4 is 5.32 Å². The molecule has 17 heavy (non-hydrogen) atoms. The third-order valence-electron chi connectivity index (χ3n) is 1.78. The minimum atomic E-state index is -4.18. The van der Waals surface area contributed by atoms with Crippen molar-refractivity contribution in [2.45, 2.75) is 12.3 Å². The van der Waals surface area contributed by atoms with Crippen molar-refractivity contribution in [3.63, 3.8) is 0 Å². The van der Waals surface area contributed by atoms with Crippen LogP contribution in [0.1, 0.15) is 0 Å². The maximum atomic E-state index is 12.5. The maximum Gasteiger partial charge on any atom is 0.324 e. The smallest absolute Gasteiger partial charge is 0.324 e. The van der Waals surface area contributed by atoms with Gasteiger partial charge in [-0.3, -0.25) is 10.1 Å². The lowest BCUT2D eigenvalue weighted by Gasteiger charge is -2.15. The molecule has 0 aliphatic rings. The van der Waals surface area contributed by atoms with Crippen LogP contribution in [0.3, 0.4) is 0 Å². The first-order valence-corrected chi connectivity index (χ1v) is 4.33. The second-order valence-electron chi connectivity index (χ2n) is 3.07. The number of hydrogen-bond donors (Lipinski definition) is 1. The number of halogens is 4. The molecule has 0 aromatic carbocycles. The molecule has 1 heterocycles. The Labute approximate surface area is 92.6 Å². The molecule has 5 nitrogen and oxygen atoms in total. The Hall–Kier alpha value is -1.93. The van der Waals surface area contributed by atoms with Crippen molar-refractivity contribution in [2.75, 3.05) is 11.9 Å². The Bertz CT molecular complexity index is 396. The molecule has 94 valence electrons. The number of pyridine rings is 1. The summed E-state index contributed by atoms with van der Waals surface area (Å²) in [6.07, 6.45) is -2.95. The van der Waals surface area contributed by atoms with E-state index in [0.29, 0.717) is 0 Å². The van der Waals surface area contributed by atoms with Crippen LogP contribution in [0.2, 0.25) is 0 Å². The van der Waals surface area contributed by atoms with Gasteiger partial charge in [0.1, 0.15) is 12.0 Å². The largest absolute Gasteiger partial charge is 0.364 e. The Morgan fingerprint density at radius 3 is 2.53 bits per heavy atom. The van der Waals surface area contributed by atoms with E-state index >= 15 is 0 Å². The van der Waals surface area contributed by atoms with Crippen molar-refractivity contribution in [1.82, 2.24) is 4.98 Å². The number of anilines is 1. The Morgan fingerprint density at radius 1 is 1.47 bits per heavy atom. The fourth-order valence-corrected chi connectivity index (χ4v) is 0.884. The molecule has 9 heteroatoms. The van der Waals surface area contributed by atoms with E-state index in [9.17, 15) is 27.7 Å². The zero-order valence-corrected chi connectivity index (χ0v) is 8.24. The molecular formula is C8H7F4N3O2. The van der Waals surface area contributed by atoms with Gasteiger partial charge in [0.05, 0.1) is 11.5 Å². The van der Waals surface area contributed by atoms with Crippen LogP contribution in [0.4, 0.5) is 29.1 Å². The van der Waals surface area contributed by atoms with Gasteiger partial charge >= 0.3 is 12.3 Å². The molecule has 1 aromatic rings. The topological polar surface area (TPSA) is 68.1 Å². The summed E-state index contributed by atoms with van der Waals surface area (Å²) in [5.41, 5.74) is -0.323. The van der Waals surface area contributed by atoms with Gasteiger partial charge in [0.25, 0.3) is 5.69 Å². The Balaban J connectivity index is 2.62. The van der Waals surface area contributed by atoms with Gasteiger partial charge in [-0.05, 0) is 6.07 Å². The van der Waals surface area contributed by atoms with Gasteiger partial charge in [-0.2, -0.15) is 8.78 Å². The van der Waals surface area contributed by atoms with Crippen LogP contribution in [0, 0.1) is 10.1 Å². The van der Waals surface area contributed by atoms with Gasteiger partial charge in [0.15, 0.2) is 0 Å². The normalized spacial score (nSPS) is 11.6. The Morgan fingerprint density at radius 2 is 2.12 bits per heavy atom. The molecule has 0 fully saturated rings. The minimum absolute atomic E-state index is 0.143. The average Bonchev–Trinajstić information content (AvgIpc) is 2.27. The van der Waals surface area contributed by atoms with Crippen LogP contribution in [0.5, 0.6) is 0 Å². The van der Waals surface area contributed by atoms with Gasteiger partial charge in [-0.1, -0.05) is 0 Å². The fraction of sp³-hybridized carbons (Fsp3) is 0.375. The summed E-state index contributed by atoms with van der Waals surface area (Å²) in [6.45, 7) is -1.30. The number of hydrogen-bond acceptors (Lipinski definition) is 4. The highest BCUT2D eigenvalue weighted by Gasteiger charge is 2.40. The van der Waals surface area contributed by atoms with E-state index in [1.54, 1.807) is 0 Å². The summed E-state index contributed by atoms with van der Waals surface area (Å²) < 4.78 is 48.6. The van der Waals surface area contributed by atoms with E-state index in [1.165, 1.54) is 0 Å². The molecule has 0 atom stereocenters. The Kier molecular flexibility index (Phi) is 3.81. The number of rotatable bonds is 5. The highest BCUT2D eigenvalue weighted by atomic mass is 19.3. The minimum Gasteiger partial charge on any atom is -0.364 e. The first-order chi connectivity index (χ1) is 7.83. The van der Waals surface area contributed by atoms with Crippen molar-refractivity contribution in [2.24, 2.45) is 0 Å². The van der Waals surface area contributed by atoms with Crippen LogP contribution in [0.25, 0.3) is 0 Å². The van der Waals surface area contributed by atoms with Gasteiger partial charge in [0.2, 0.25) is 0 Å². The van der Waals surface area contributed by atoms with Gasteiger partial charge < -0.3 is 5.32 Å². The predicted molar refractivity (Wildman–Crippen MR) is 50.3 cm³/mol. The second kappa shape index (κ2) is 4.93. The first kappa shape index (κ1) is 13.1. The molecule has 1 N–H and O–H groups in total. The number of aromatic nitrogens is 1. The number of nitro groups is 1. The van der Waals surface area contributed by atoms with E-state index in [-0.39, 0.29) is 11.5 Å². The molecule has 0 saturated heterocycles. The second-order valence-corrected chi connectivity index (χ2v) is 3.07. The van der Waals surface area contributed by atoms with Crippen LogP contribution >= 0.6 is 0 Å². The predicted octanol–water partition coefficient (Wildman–Crippen LogP) is 2.30. The molecule has 0 aliphatic heterocycles. The SMILES string of the molecule is O=[N+]([O-])c1ccc(NCC(F)(F)C(F)F)nc1. The molecule has 0 unspecified atom stereocenters. The third kappa shape index (κ3) is 3.54. The number of nitrogens with zero attached hydrogens (tertiary/aromatic N) is 2. The quantitative estimate of drug-likeness (QED) is 0.496. The standard InChI is InChI=1S/C8H7F4N3O2/c9-7(10)8(11,12)4-14-6-2-1-5(3-13-6)15(16)17/h1-3,7H,4H2,(H,13,14). The average molecular weight is 253 g/mol. The van der Waals surface area contributed by atoms with Crippen molar-refractivity contribution in [1.29, 1.82) is 0 Å². The highest BCUT2D eigenvalue weighted by molar-refractivity contribution is 5.40. The summed E-state index contributed by atoms with van der Waals surface area (Å²) in [7, 11) is 0. The summed E-state index contributed by atoms with van der Waals surface area (Å²) in [5, 5.41) is 12.2. The van der Waals surface area contributed by atoms with E-state index < -0.39 is 23.8 Å². The lowest BCUT2D eigenvalue weighted by molar-refractivity contribution is -0.385. The third-order valence-corrected chi connectivity index (χ3v) is 1.78. The lowest BCUT2D eigenvalue weighted by atomic mass is 10.3. The van der Waals surface area contributed by atoms with E-state index in [0.717, 1.165) is 18.3 Å². The van der Waals surface area contributed by atoms with Crippen molar-refractivity contribution < 1.29 is 22.5 Å². The van der Waals surface area contributed by atoms with Crippen molar-refractivity contribution >= 4 is 11.5 Å². The molecule has 0 bridgehead atoms.